The predicted molar refractivity (Wildman–Crippen MR) is 85.4 cm³/mol. The van der Waals surface area contributed by atoms with Gasteiger partial charge in [0.25, 0.3) is 0 Å². The van der Waals surface area contributed by atoms with Crippen molar-refractivity contribution in [1.29, 1.82) is 0 Å². The Morgan fingerprint density at radius 3 is 2.45 bits per heavy atom. The molecule has 1 N–H and O–H groups in total. The molecule has 0 aliphatic carbocycles. The summed E-state index contributed by atoms with van der Waals surface area (Å²) in [4.78, 5) is 0. The normalized spacial score (nSPS) is 12.7. The number of aliphatic hydroxyl groups is 1. The van der Waals surface area contributed by atoms with Crippen LogP contribution in [0.15, 0.2) is 22.7 Å². The maximum atomic E-state index is 10.4. The topological polar surface area (TPSA) is 38.0 Å². The van der Waals surface area contributed by atoms with E-state index in [4.69, 9.17) is 23.2 Å². The number of hydrogen-bond acceptors (Lipinski definition) is 2. The molecule has 20 heavy (non-hydrogen) atoms. The highest BCUT2D eigenvalue weighted by Crippen LogP contribution is 2.33. The van der Waals surface area contributed by atoms with Crippen molar-refractivity contribution in [2.45, 2.75) is 25.9 Å². The van der Waals surface area contributed by atoms with Gasteiger partial charge in [0.05, 0.1) is 22.0 Å². The van der Waals surface area contributed by atoms with Crippen LogP contribution in [0.1, 0.15) is 30.0 Å². The third kappa shape index (κ3) is 3.03. The minimum absolute atomic E-state index is 0.396. The van der Waals surface area contributed by atoms with Crippen LogP contribution in [0.2, 0.25) is 10.0 Å². The van der Waals surface area contributed by atoms with E-state index in [1.807, 2.05) is 14.0 Å². The number of hydrogen-bond donors (Lipinski definition) is 1. The standard InChI is InChI=1S/C14H15BrCl2N2O/c1-3-10-14(15)11(19(2)18-10)7-12(20)13-8(16)5-4-6-9(13)17/h4-6,12,20H,3,7H2,1-2H3. The second-order valence-electron chi connectivity index (χ2n) is 4.54. The molecule has 1 atom stereocenters. The number of nitrogens with zero attached hydrogens (tertiary/aromatic N) is 2. The highest BCUT2D eigenvalue weighted by molar-refractivity contribution is 9.10. The molecule has 0 saturated heterocycles. The lowest BCUT2D eigenvalue weighted by Crippen LogP contribution is -2.08. The largest absolute Gasteiger partial charge is 0.388 e. The minimum Gasteiger partial charge on any atom is -0.388 e. The van der Waals surface area contributed by atoms with E-state index in [0.717, 1.165) is 22.3 Å². The summed E-state index contributed by atoms with van der Waals surface area (Å²) in [6, 6.07) is 5.21. The maximum absolute atomic E-state index is 10.4. The molecule has 0 radical (unpaired) electrons. The van der Waals surface area contributed by atoms with Gasteiger partial charge in [-0.2, -0.15) is 5.10 Å². The van der Waals surface area contributed by atoms with E-state index in [2.05, 4.69) is 21.0 Å². The highest BCUT2D eigenvalue weighted by Gasteiger charge is 2.20. The third-order valence-electron chi connectivity index (χ3n) is 3.22. The second kappa shape index (κ2) is 6.48. The van der Waals surface area contributed by atoms with Gasteiger partial charge in [0.1, 0.15) is 0 Å². The van der Waals surface area contributed by atoms with Gasteiger partial charge in [-0.1, -0.05) is 36.2 Å². The number of halogens is 3. The van der Waals surface area contributed by atoms with E-state index in [9.17, 15) is 5.11 Å². The zero-order valence-electron chi connectivity index (χ0n) is 11.2. The molecule has 2 aromatic rings. The van der Waals surface area contributed by atoms with Crippen LogP contribution in [-0.4, -0.2) is 14.9 Å². The highest BCUT2D eigenvalue weighted by atomic mass is 79.9. The monoisotopic (exact) mass is 376 g/mol. The first kappa shape index (κ1) is 15.8. The van der Waals surface area contributed by atoms with Crippen molar-refractivity contribution in [2.75, 3.05) is 0 Å². The molecule has 1 unspecified atom stereocenters. The number of aliphatic hydroxyl groups excluding tert-OH is 1. The van der Waals surface area contributed by atoms with E-state index in [0.29, 0.717) is 22.0 Å². The van der Waals surface area contributed by atoms with Crippen molar-refractivity contribution in [3.63, 3.8) is 0 Å². The molecule has 0 fully saturated rings. The minimum atomic E-state index is -0.771. The van der Waals surface area contributed by atoms with E-state index in [-0.39, 0.29) is 0 Å². The molecule has 0 aliphatic heterocycles. The lowest BCUT2D eigenvalue weighted by molar-refractivity contribution is 0.176. The molecule has 3 nitrogen and oxygen atoms in total. The Kier molecular flexibility index (Phi) is 5.13. The van der Waals surface area contributed by atoms with Gasteiger partial charge in [-0.25, -0.2) is 0 Å². The smallest absolute Gasteiger partial charge is 0.0874 e. The Morgan fingerprint density at radius 1 is 1.35 bits per heavy atom. The van der Waals surface area contributed by atoms with E-state index >= 15 is 0 Å². The summed E-state index contributed by atoms with van der Waals surface area (Å²) >= 11 is 15.8. The summed E-state index contributed by atoms with van der Waals surface area (Å²) in [6.07, 6.45) is 0.456. The number of aryl methyl sites for hydroxylation is 2. The van der Waals surface area contributed by atoms with Gasteiger partial charge < -0.3 is 5.11 Å². The molecular formula is C14H15BrCl2N2O. The average Bonchev–Trinajstić information content (AvgIpc) is 2.66. The summed E-state index contributed by atoms with van der Waals surface area (Å²) in [5.74, 6) is 0. The molecule has 1 aromatic heterocycles. The predicted octanol–water partition coefficient (Wildman–Crippen LogP) is 4.33. The van der Waals surface area contributed by atoms with Gasteiger partial charge in [-0.15, -0.1) is 0 Å². The van der Waals surface area contributed by atoms with E-state index in [1.165, 1.54) is 0 Å². The van der Waals surface area contributed by atoms with Crippen molar-refractivity contribution in [1.82, 2.24) is 9.78 Å². The summed E-state index contributed by atoms with van der Waals surface area (Å²) in [5, 5.41) is 15.8. The molecule has 0 saturated carbocycles. The van der Waals surface area contributed by atoms with Crippen molar-refractivity contribution in [2.24, 2.45) is 7.05 Å². The van der Waals surface area contributed by atoms with Crippen LogP contribution >= 0.6 is 39.1 Å². The summed E-state index contributed by atoms with van der Waals surface area (Å²) in [6.45, 7) is 2.04. The van der Waals surface area contributed by atoms with Gasteiger partial charge >= 0.3 is 0 Å². The molecule has 0 bridgehead atoms. The molecule has 0 aliphatic rings. The molecule has 108 valence electrons. The van der Waals surface area contributed by atoms with Crippen molar-refractivity contribution in [3.8, 4) is 0 Å². The first-order chi connectivity index (χ1) is 9.45. The fourth-order valence-electron chi connectivity index (χ4n) is 2.16. The summed E-state index contributed by atoms with van der Waals surface area (Å²) < 4.78 is 2.71. The molecule has 6 heteroatoms. The van der Waals surface area contributed by atoms with Crippen LogP contribution in [0.4, 0.5) is 0 Å². The molecular weight excluding hydrogens is 363 g/mol. The Balaban J connectivity index is 2.33. The summed E-state index contributed by atoms with van der Waals surface area (Å²) in [5.41, 5.74) is 2.45. The maximum Gasteiger partial charge on any atom is 0.0874 e. The Bertz CT molecular complexity index is 608. The van der Waals surface area contributed by atoms with Crippen molar-refractivity contribution >= 4 is 39.1 Å². The van der Waals surface area contributed by atoms with Crippen molar-refractivity contribution < 1.29 is 5.11 Å². The Labute approximate surface area is 136 Å². The van der Waals surface area contributed by atoms with E-state index < -0.39 is 6.10 Å². The zero-order chi connectivity index (χ0) is 14.9. The SMILES string of the molecule is CCc1nn(C)c(CC(O)c2c(Cl)cccc2Cl)c1Br. The molecule has 2 rings (SSSR count). The average molecular weight is 378 g/mol. The van der Waals surface area contributed by atoms with E-state index in [1.54, 1.807) is 22.9 Å². The van der Waals surface area contributed by atoms with Gasteiger partial charge in [-0.05, 0) is 34.5 Å². The molecule has 1 heterocycles. The Hall–Kier alpha value is -0.550. The second-order valence-corrected chi connectivity index (χ2v) is 6.15. The van der Waals surface area contributed by atoms with Gasteiger partial charge in [-0.3, -0.25) is 4.68 Å². The lowest BCUT2D eigenvalue weighted by Gasteiger charge is -2.15. The molecule has 0 spiro atoms. The molecule has 1 aromatic carbocycles. The molecule has 0 amide bonds. The zero-order valence-corrected chi connectivity index (χ0v) is 14.3. The van der Waals surface area contributed by atoms with Gasteiger partial charge in [0.15, 0.2) is 0 Å². The first-order valence-corrected chi connectivity index (χ1v) is 7.82. The van der Waals surface area contributed by atoms with Crippen LogP contribution in [0.5, 0.6) is 0 Å². The fourth-order valence-corrected chi connectivity index (χ4v) is 3.58. The lowest BCUT2D eigenvalue weighted by atomic mass is 10.0. The fraction of sp³-hybridized carbons (Fsp3) is 0.357. The number of benzene rings is 1. The van der Waals surface area contributed by atoms with Crippen LogP contribution in [-0.2, 0) is 19.9 Å². The van der Waals surface area contributed by atoms with Gasteiger partial charge in [0, 0.05) is 29.1 Å². The Morgan fingerprint density at radius 2 is 1.95 bits per heavy atom. The van der Waals surface area contributed by atoms with Crippen LogP contribution in [0, 0.1) is 0 Å². The first-order valence-electron chi connectivity index (χ1n) is 6.27. The third-order valence-corrected chi connectivity index (χ3v) is 4.80. The number of rotatable bonds is 4. The van der Waals surface area contributed by atoms with Crippen molar-refractivity contribution in [3.05, 3.63) is 49.7 Å². The van der Waals surface area contributed by atoms with Crippen LogP contribution < -0.4 is 0 Å². The van der Waals surface area contributed by atoms with Gasteiger partial charge in [0.2, 0.25) is 0 Å². The van der Waals surface area contributed by atoms with Crippen LogP contribution in [0.3, 0.4) is 0 Å². The quantitative estimate of drug-likeness (QED) is 0.861. The van der Waals surface area contributed by atoms with Crippen LogP contribution in [0.25, 0.3) is 0 Å². The summed E-state index contributed by atoms with van der Waals surface area (Å²) in [7, 11) is 1.86. The number of aromatic nitrogens is 2.